The number of nitrogens with zero attached hydrogens (tertiary/aromatic N) is 1. The van der Waals surface area contributed by atoms with E-state index in [-0.39, 0.29) is 6.10 Å². The van der Waals surface area contributed by atoms with E-state index in [1.54, 1.807) is 6.20 Å². The standard InChI is InChI=1S/C13H20N2O/c1-10(11-5-3-7-14-8-11)15-9-12-4-2-6-13(12)16/h3,5,7-8,10,12-13,15-16H,2,4,6,9H2,1H3. The van der Waals surface area contributed by atoms with Gasteiger partial charge >= 0.3 is 0 Å². The molecule has 1 heterocycles. The summed E-state index contributed by atoms with van der Waals surface area (Å²) >= 11 is 0. The Balaban J connectivity index is 1.82. The van der Waals surface area contributed by atoms with Gasteiger partial charge in [0.25, 0.3) is 0 Å². The summed E-state index contributed by atoms with van der Waals surface area (Å²) in [6.07, 6.45) is 6.85. The minimum atomic E-state index is -0.103. The fraction of sp³-hybridized carbons (Fsp3) is 0.615. The van der Waals surface area contributed by atoms with Crippen molar-refractivity contribution in [2.75, 3.05) is 6.54 Å². The molecule has 1 fully saturated rings. The SMILES string of the molecule is CC(NCC1CCCC1O)c1cccnc1. The lowest BCUT2D eigenvalue weighted by molar-refractivity contribution is 0.130. The Kier molecular flexibility index (Phi) is 3.91. The van der Waals surface area contributed by atoms with Gasteiger partial charge in [-0.05, 0) is 37.3 Å². The van der Waals surface area contributed by atoms with Crippen molar-refractivity contribution >= 4 is 0 Å². The average Bonchev–Trinajstić information content (AvgIpc) is 2.73. The van der Waals surface area contributed by atoms with Gasteiger partial charge in [0.05, 0.1) is 6.10 Å². The van der Waals surface area contributed by atoms with Crippen molar-refractivity contribution in [3.05, 3.63) is 30.1 Å². The molecule has 1 aromatic rings. The van der Waals surface area contributed by atoms with Gasteiger partial charge in [-0.3, -0.25) is 4.98 Å². The van der Waals surface area contributed by atoms with Gasteiger partial charge in [0.15, 0.2) is 0 Å². The van der Waals surface area contributed by atoms with Crippen molar-refractivity contribution in [2.24, 2.45) is 5.92 Å². The molecule has 2 rings (SSSR count). The van der Waals surface area contributed by atoms with E-state index in [0.29, 0.717) is 12.0 Å². The lowest BCUT2D eigenvalue weighted by Gasteiger charge is -2.19. The monoisotopic (exact) mass is 220 g/mol. The first-order valence-electron chi connectivity index (χ1n) is 6.08. The van der Waals surface area contributed by atoms with E-state index in [9.17, 15) is 5.11 Å². The second-order valence-corrected chi connectivity index (χ2v) is 4.67. The molecule has 3 heteroatoms. The van der Waals surface area contributed by atoms with Crippen molar-refractivity contribution in [3.8, 4) is 0 Å². The van der Waals surface area contributed by atoms with Gasteiger partial charge in [-0.15, -0.1) is 0 Å². The zero-order valence-electron chi connectivity index (χ0n) is 9.76. The highest BCUT2D eigenvalue weighted by Crippen LogP contribution is 2.25. The third-order valence-electron chi connectivity index (χ3n) is 3.49. The predicted molar refractivity (Wildman–Crippen MR) is 64.0 cm³/mol. The molecule has 0 saturated heterocycles. The van der Waals surface area contributed by atoms with Crippen LogP contribution < -0.4 is 5.32 Å². The molecule has 0 spiro atoms. The second kappa shape index (κ2) is 5.41. The van der Waals surface area contributed by atoms with E-state index in [4.69, 9.17) is 0 Å². The maximum absolute atomic E-state index is 9.72. The summed E-state index contributed by atoms with van der Waals surface area (Å²) in [6, 6.07) is 4.34. The average molecular weight is 220 g/mol. The number of aromatic nitrogens is 1. The highest BCUT2D eigenvalue weighted by molar-refractivity contribution is 5.12. The lowest BCUT2D eigenvalue weighted by atomic mass is 10.0. The van der Waals surface area contributed by atoms with Gasteiger partial charge < -0.3 is 10.4 Å². The number of aliphatic hydroxyl groups excluding tert-OH is 1. The minimum Gasteiger partial charge on any atom is -0.393 e. The quantitative estimate of drug-likeness (QED) is 0.814. The summed E-state index contributed by atoms with van der Waals surface area (Å²) in [6.45, 7) is 3.04. The van der Waals surface area contributed by atoms with Gasteiger partial charge in [-0.1, -0.05) is 12.5 Å². The first kappa shape index (κ1) is 11.6. The van der Waals surface area contributed by atoms with E-state index >= 15 is 0 Å². The van der Waals surface area contributed by atoms with Crippen LogP contribution in [0.2, 0.25) is 0 Å². The van der Waals surface area contributed by atoms with Crippen molar-refractivity contribution in [1.82, 2.24) is 10.3 Å². The van der Waals surface area contributed by atoms with Gasteiger partial charge in [-0.2, -0.15) is 0 Å². The maximum atomic E-state index is 9.72. The van der Waals surface area contributed by atoms with Crippen LogP contribution in [0, 0.1) is 5.92 Å². The van der Waals surface area contributed by atoms with Crippen LogP contribution in [0.15, 0.2) is 24.5 Å². The zero-order chi connectivity index (χ0) is 11.4. The first-order chi connectivity index (χ1) is 7.77. The molecular weight excluding hydrogens is 200 g/mol. The molecule has 1 aliphatic rings. The van der Waals surface area contributed by atoms with E-state index in [2.05, 4.69) is 23.3 Å². The molecule has 0 aliphatic heterocycles. The summed E-state index contributed by atoms with van der Waals surface area (Å²) in [5.74, 6) is 0.430. The zero-order valence-corrected chi connectivity index (χ0v) is 9.76. The Morgan fingerprint density at radius 3 is 3.06 bits per heavy atom. The van der Waals surface area contributed by atoms with Crippen LogP contribution in [0.4, 0.5) is 0 Å². The molecule has 2 N–H and O–H groups in total. The number of aliphatic hydroxyl groups is 1. The van der Waals surface area contributed by atoms with Crippen molar-refractivity contribution in [3.63, 3.8) is 0 Å². The molecule has 0 aromatic carbocycles. The molecule has 0 radical (unpaired) electrons. The Morgan fingerprint density at radius 1 is 1.56 bits per heavy atom. The number of nitrogens with one attached hydrogen (secondary N) is 1. The van der Waals surface area contributed by atoms with Gasteiger partial charge in [0.1, 0.15) is 0 Å². The Hall–Kier alpha value is -0.930. The molecule has 0 bridgehead atoms. The van der Waals surface area contributed by atoms with E-state index < -0.39 is 0 Å². The van der Waals surface area contributed by atoms with Crippen LogP contribution in [0.5, 0.6) is 0 Å². The van der Waals surface area contributed by atoms with Crippen molar-refractivity contribution in [2.45, 2.75) is 38.3 Å². The van der Waals surface area contributed by atoms with E-state index in [0.717, 1.165) is 25.8 Å². The normalized spacial score (nSPS) is 26.9. The second-order valence-electron chi connectivity index (χ2n) is 4.67. The maximum Gasteiger partial charge on any atom is 0.0580 e. The molecule has 1 aromatic heterocycles. The summed E-state index contributed by atoms with van der Waals surface area (Å²) in [5.41, 5.74) is 1.20. The van der Waals surface area contributed by atoms with Gasteiger partial charge in [0, 0.05) is 25.0 Å². The fourth-order valence-electron chi connectivity index (χ4n) is 2.33. The van der Waals surface area contributed by atoms with Crippen LogP contribution in [-0.2, 0) is 0 Å². The predicted octanol–water partition coefficient (Wildman–Crippen LogP) is 1.89. The van der Waals surface area contributed by atoms with Crippen LogP contribution in [0.3, 0.4) is 0 Å². The molecule has 1 saturated carbocycles. The molecule has 1 aliphatic carbocycles. The Morgan fingerprint density at radius 2 is 2.44 bits per heavy atom. The molecule has 3 atom stereocenters. The first-order valence-corrected chi connectivity index (χ1v) is 6.08. The van der Waals surface area contributed by atoms with Crippen molar-refractivity contribution in [1.29, 1.82) is 0 Å². The lowest BCUT2D eigenvalue weighted by Crippen LogP contribution is -2.29. The smallest absolute Gasteiger partial charge is 0.0580 e. The van der Waals surface area contributed by atoms with Gasteiger partial charge in [-0.25, -0.2) is 0 Å². The van der Waals surface area contributed by atoms with E-state index in [1.807, 2.05) is 12.3 Å². The third kappa shape index (κ3) is 2.80. The minimum absolute atomic E-state index is 0.103. The molecule has 0 amide bonds. The number of rotatable bonds is 4. The summed E-state index contributed by atoms with van der Waals surface area (Å²) in [5, 5.41) is 13.2. The third-order valence-corrected chi connectivity index (χ3v) is 3.49. The molecule has 88 valence electrons. The number of hydrogen-bond acceptors (Lipinski definition) is 3. The van der Waals surface area contributed by atoms with Crippen LogP contribution >= 0.6 is 0 Å². The highest BCUT2D eigenvalue weighted by atomic mass is 16.3. The Bertz CT molecular complexity index is 315. The largest absolute Gasteiger partial charge is 0.393 e. The summed E-state index contributed by atoms with van der Waals surface area (Å²) in [7, 11) is 0. The number of pyridine rings is 1. The van der Waals surface area contributed by atoms with Gasteiger partial charge in [0.2, 0.25) is 0 Å². The fourth-order valence-corrected chi connectivity index (χ4v) is 2.33. The topological polar surface area (TPSA) is 45.1 Å². The molecule has 3 nitrogen and oxygen atoms in total. The molecule has 3 unspecified atom stereocenters. The summed E-state index contributed by atoms with van der Waals surface area (Å²) < 4.78 is 0. The van der Waals surface area contributed by atoms with Crippen molar-refractivity contribution < 1.29 is 5.11 Å². The molecule has 16 heavy (non-hydrogen) atoms. The van der Waals surface area contributed by atoms with Crippen LogP contribution in [0.25, 0.3) is 0 Å². The van der Waals surface area contributed by atoms with E-state index in [1.165, 1.54) is 5.56 Å². The van der Waals surface area contributed by atoms with Crippen LogP contribution in [-0.4, -0.2) is 22.7 Å². The number of hydrogen-bond donors (Lipinski definition) is 2. The Labute approximate surface area is 96.9 Å². The summed E-state index contributed by atoms with van der Waals surface area (Å²) in [4.78, 5) is 4.11. The molecular formula is C13H20N2O. The van der Waals surface area contributed by atoms with Crippen LogP contribution in [0.1, 0.15) is 37.8 Å². The highest BCUT2D eigenvalue weighted by Gasteiger charge is 2.25.